The maximum atomic E-state index is 12.2. The van der Waals surface area contributed by atoms with E-state index in [1.165, 1.54) is 0 Å². The molecule has 0 aromatic carbocycles. The highest BCUT2D eigenvalue weighted by Gasteiger charge is 2.49. The lowest BCUT2D eigenvalue weighted by Crippen LogP contribution is -2.54. The zero-order valence-corrected chi connectivity index (χ0v) is 13.5. The number of nitrogens with zero attached hydrogens (tertiary/aromatic N) is 2. The summed E-state index contributed by atoms with van der Waals surface area (Å²) in [5.41, 5.74) is 4.61. The van der Waals surface area contributed by atoms with Gasteiger partial charge in [0.1, 0.15) is 6.04 Å². The minimum atomic E-state index is -4.82. The lowest BCUT2D eigenvalue weighted by molar-refractivity contribution is -0.132. The molecule has 3 N–H and O–H groups in total. The second-order valence-electron chi connectivity index (χ2n) is 6.19. The molecule has 3 aliphatic rings. The van der Waals surface area contributed by atoms with Gasteiger partial charge in [-0.25, -0.2) is 4.79 Å². The molecule has 134 valence electrons. The first kappa shape index (κ1) is 16.9. The lowest BCUT2D eigenvalue weighted by Gasteiger charge is -2.29. The minimum absolute atomic E-state index is 0.0997. The van der Waals surface area contributed by atoms with Gasteiger partial charge in [0.15, 0.2) is 0 Å². The topological polar surface area (TPSA) is 145 Å². The molecule has 0 spiro atoms. The molecule has 2 saturated heterocycles. The number of hydrogen-bond acceptors (Lipinski definition) is 6. The van der Waals surface area contributed by atoms with E-state index in [1.807, 2.05) is 0 Å². The molecule has 2 atom stereocenters. The Morgan fingerprint density at radius 1 is 1.21 bits per heavy atom. The molecule has 3 rings (SSSR count). The number of carbonyl (C=O) groups excluding carboxylic acids is 3. The fourth-order valence-corrected chi connectivity index (χ4v) is 3.34. The van der Waals surface area contributed by atoms with Crippen molar-refractivity contribution in [2.24, 2.45) is 5.92 Å². The van der Waals surface area contributed by atoms with Gasteiger partial charge in [0.25, 0.3) is 5.91 Å². The SMILES string of the molecule is O=C(CC1CC1)NNC(=O)[C@@H]1CC[C@@H]2CN1C(=O)N2OS(=O)(=O)O. The van der Waals surface area contributed by atoms with E-state index in [-0.39, 0.29) is 18.9 Å². The van der Waals surface area contributed by atoms with Crippen molar-refractivity contribution in [1.29, 1.82) is 0 Å². The second-order valence-corrected chi connectivity index (χ2v) is 7.20. The summed E-state index contributed by atoms with van der Waals surface area (Å²) >= 11 is 0. The highest BCUT2D eigenvalue weighted by molar-refractivity contribution is 7.80. The Labute approximate surface area is 138 Å². The molecule has 1 aliphatic carbocycles. The molecule has 0 unspecified atom stereocenters. The van der Waals surface area contributed by atoms with Crippen LogP contribution in [-0.4, -0.2) is 59.4 Å². The zero-order valence-electron chi connectivity index (χ0n) is 12.7. The van der Waals surface area contributed by atoms with Crippen LogP contribution in [0.3, 0.4) is 0 Å². The zero-order chi connectivity index (χ0) is 17.5. The summed E-state index contributed by atoms with van der Waals surface area (Å²) < 4.78 is 34.6. The van der Waals surface area contributed by atoms with Gasteiger partial charge in [0.05, 0.1) is 6.04 Å². The molecule has 1 saturated carbocycles. The van der Waals surface area contributed by atoms with Gasteiger partial charge in [-0.05, 0) is 31.6 Å². The van der Waals surface area contributed by atoms with Crippen LogP contribution in [0.4, 0.5) is 4.79 Å². The van der Waals surface area contributed by atoms with E-state index < -0.39 is 34.4 Å². The summed E-state index contributed by atoms with van der Waals surface area (Å²) in [7, 11) is -4.82. The molecule has 4 amide bonds. The monoisotopic (exact) mass is 362 g/mol. The Hall–Kier alpha value is -1.92. The Balaban J connectivity index is 1.56. The number of carbonyl (C=O) groups is 3. The molecular formula is C12H18N4O7S. The number of urea groups is 1. The van der Waals surface area contributed by atoms with Crippen LogP contribution in [-0.2, 0) is 24.3 Å². The third-order valence-corrected chi connectivity index (χ3v) is 4.65. The van der Waals surface area contributed by atoms with Gasteiger partial charge >= 0.3 is 16.4 Å². The van der Waals surface area contributed by atoms with Crippen molar-refractivity contribution < 1.29 is 31.6 Å². The maximum absolute atomic E-state index is 12.2. The number of hydroxylamine groups is 2. The van der Waals surface area contributed by atoms with Crippen molar-refractivity contribution in [2.75, 3.05) is 6.54 Å². The molecule has 2 aliphatic heterocycles. The molecule has 11 nitrogen and oxygen atoms in total. The number of hydrogen-bond donors (Lipinski definition) is 3. The van der Waals surface area contributed by atoms with Crippen molar-refractivity contribution in [1.82, 2.24) is 20.8 Å². The van der Waals surface area contributed by atoms with Crippen molar-refractivity contribution in [2.45, 2.75) is 44.2 Å². The van der Waals surface area contributed by atoms with Crippen LogP contribution in [0, 0.1) is 5.92 Å². The summed E-state index contributed by atoms with van der Waals surface area (Å²) in [6.45, 7) is 0.0997. The summed E-state index contributed by atoms with van der Waals surface area (Å²) in [4.78, 5) is 37.1. The van der Waals surface area contributed by atoms with E-state index in [1.54, 1.807) is 0 Å². The van der Waals surface area contributed by atoms with Crippen molar-refractivity contribution in [3.05, 3.63) is 0 Å². The number of piperidine rings is 1. The quantitative estimate of drug-likeness (QED) is 0.417. The van der Waals surface area contributed by atoms with E-state index in [0.717, 1.165) is 17.7 Å². The van der Waals surface area contributed by atoms with E-state index >= 15 is 0 Å². The van der Waals surface area contributed by atoms with Gasteiger partial charge in [0.2, 0.25) is 5.91 Å². The molecule has 2 bridgehead atoms. The summed E-state index contributed by atoms with van der Waals surface area (Å²) in [6, 6.07) is -2.22. The smallest absolute Gasteiger partial charge is 0.309 e. The van der Waals surface area contributed by atoms with Crippen molar-refractivity contribution >= 4 is 28.2 Å². The summed E-state index contributed by atoms with van der Waals surface area (Å²) in [5, 5.41) is 0.564. The third-order valence-electron chi connectivity index (χ3n) is 4.30. The lowest BCUT2D eigenvalue weighted by atomic mass is 10.0. The van der Waals surface area contributed by atoms with Crippen LogP contribution in [0.15, 0.2) is 0 Å². The third kappa shape index (κ3) is 3.76. The van der Waals surface area contributed by atoms with Gasteiger partial charge in [-0.15, -0.1) is 4.28 Å². The van der Waals surface area contributed by atoms with E-state index in [2.05, 4.69) is 15.1 Å². The van der Waals surface area contributed by atoms with Gasteiger partial charge in [0, 0.05) is 13.0 Å². The van der Waals surface area contributed by atoms with Crippen molar-refractivity contribution in [3.63, 3.8) is 0 Å². The highest BCUT2D eigenvalue weighted by atomic mass is 32.3. The molecular weight excluding hydrogens is 344 g/mol. The van der Waals surface area contributed by atoms with E-state index in [0.29, 0.717) is 23.8 Å². The van der Waals surface area contributed by atoms with Gasteiger partial charge in [-0.2, -0.15) is 13.5 Å². The van der Waals surface area contributed by atoms with Gasteiger partial charge in [-0.1, -0.05) is 0 Å². The molecule has 3 fully saturated rings. The van der Waals surface area contributed by atoms with Crippen LogP contribution in [0.1, 0.15) is 32.1 Å². The summed E-state index contributed by atoms with van der Waals surface area (Å²) in [6.07, 6.45) is 2.98. The largest absolute Gasteiger partial charge is 0.418 e. The number of nitrogens with one attached hydrogen (secondary N) is 2. The predicted octanol–water partition coefficient (Wildman–Crippen LogP) is -1.06. The van der Waals surface area contributed by atoms with Gasteiger partial charge in [-0.3, -0.25) is 25.0 Å². The molecule has 0 aromatic heterocycles. The van der Waals surface area contributed by atoms with Crippen LogP contribution in [0.25, 0.3) is 0 Å². The number of fused-ring (bicyclic) bond motifs is 2. The minimum Gasteiger partial charge on any atom is -0.309 e. The summed E-state index contributed by atoms with van der Waals surface area (Å²) in [5.74, 6) is -0.466. The highest BCUT2D eigenvalue weighted by Crippen LogP contribution is 2.32. The Morgan fingerprint density at radius 3 is 2.54 bits per heavy atom. The second kappa shape index (κ2) is 6.18. The van der Waals surface area contributed by atoms with Crippen molar-refractivity contribution in [3.8, 4) is 0 Å². The number of rotatable bonds is 5. The Morgan fingerprint density at radius 2 is 1.92 bits per heavy atom. The molecule has 2 heterocycles. The van der Waals surface area contributed by atoms with Crippen LogP contribution >= 0.6 is 0 Å². The standard InChI is InChI=1S/C12H18N4O7S/c17-10(5-7-1-2-7)13-14-11(18)9-4-3-8-6-15(9)12(19)16(8)23-24(20,21)22/h7-9H,1-6H2,(H,13,17)(H,14,18)(H,20,21,22)/t8-,9+/m1/s1. The normalized spacial score (nSPS) is 26.5. The molecule has 0 aromatic rings. The average Bonchev–Trinajstić information content (AvgIpc) is 3.28. The number of hydrazine groups is 1. The predicted molar refractivity (Wildman–Crippen MR) is 77.0 cm³/mol. The Kier molecular flexibility index (Phi) is 4.36. The molecule has 12 heteroatoms. The first-order valence-corrected chi connectivity index (χ1v) is 8.96. The fraction of sp³-hybridized carbons (Fsp3) is 0.750. The van der Waals surface area contributed by atoms with Crippen LogP contribution in [0.5, 0.6) is 0 Å². The first-order valence-electron chi connectivity index (χ1n) is 7.60. The fourth-order valence-electron chi connectivity index (χ4n) is 2.95. The first-order chi connectivity index (χ1) is 11.2. The van der Waals surface area contributed by atoms with Crippen LogP contribution < -0.4 is 10.9 Å². The molecule has 0 radical (unpaired) electrons. The maximum Gasteiger partial charge on any atom is 0.418 e. The average molecular weight is 362 g/mol. The Bertz CT molecular complexity index is 662. The van der Waals surface area contributed by atoms with Crippen LogP contribution in [0.2, 0.25) is 0 Å². The molecule has 24 heavy (non-hydrogen) atoms. The van der Waals surface area contributed by atoms with Gasteiger partial charge < -0.3 is 4.90 Å². The van der Waals surface area contributed by atoms with E-state index in [4.69, 9.17) is 4.55 Å². The van der Waals surface area contributed by atoms with E-state index in [9.17, 15) is 22.8 Å². The number of amides is 4.